The van der Waals surface area contributed by atoms with Crippen LogP contribution in [0.15, 0.2) is 36.1 Å². The number of aromatic nitrogens is 2. The standard InChI is InChI=1S/C12H10ClN2O.C11H20O2.Ir/c1-8-6-11(14-15-12(8)13)9-4-3-5-10(7-9)16-2;1-10(2,3)8(12)7-9(13)11(4,5)6;/h3,5-7H,1-2H3;7,12H,1-6H3;/q-1;;/b;8-7-;. The second-order valence-corrected chi connectivity index (χ2v) is 9.10. The summed E-state index contributed by atoms with van der Waals surface area (Å²) < 4.78 is 5.14. The van der Waals surface area contributed by atoms with Gasteiger partial charge in [0, 0.05) is 48.5 Å². The van der Waals surface area contributed by atoms with Crippen LogP contribution < -0.4 is 4.74 Å². The molecule has 0 amide bonds. The summed E-state index contributed by atoms with van der Waals surface area (Å²) in [6, 6.07) is 10.4. The van der Waals surface area contributed by atoms with Gasteiger partial charge in [0.25, 0.3) is 0 Å². The maximum Gasteiger partial charge on any atom is 0.164 e. The van der Waals surface area contributed by atoms with E-state index in [0.717, 1.165) is 22.6 Å². The van der Waals surface area contributed by atoms with E-state index in [1.165, 1.54) is 6.08 Å². The van der Waals surface area contributed by atoms with Gasteiger partial charge in [-0.05, 0) is 12.5 Å². The van der Waals surface area contributed by atoms with Crippen LogP contribution in [0.4, 0.5) is 0 Å². The van der Waals surface area contributed by atoms with Crippen molar-refractivity contribution in [3.63, 3.8) is 0 Å². The Morgan fingerprint density at radius 3 is 2.20 bits per heavy atom. The summed E-state index contributed by atoms with van der Waals surface area (Å²) in [6.45, 7) is 13.0. The Bertz CT molecular complexity index is 885. The molecule has 0 aliphatic heterocycles. The number of ketones is 1. The molecule has 2 rings (SSSR count). The number of nitrogens with zero attached hydrogens (tertiary/aromatic N) is 2. The molecule has 0 aliphatic carbocycles. The maximum atomic E-state index is 11.5. The van der Waals surface area contributed by atoms with Gasteiger partial charge in [-0.15, -0.1) is 34.9 Å². The summed E-state index contributed by atoms with van der Waals surface area (Å²) in [6.07, 6.45) is 1.33. The van der Waals surface area contributed by atoms with Crippen molar-refractivity contribution in [3.8, 4) is 17.0 Å². The van der Waals surface area contributed by atoms with E-state index < -0.39 is 5.41 Å². The number of ether oxygens (including phenoxy) is 1. The molecule has 0 bridgehead atoms. The van der Waals surface area contributed by atoms with Crippen LogP contribution in [-0.2, 0) is 24.9 Å². The molecule has 5 nitrogen and oxygen atoms in total. The Balaban J connectivity index is 0.000000557. The van der Waals surface area contributed by atoms with E-state index in [1.54, 1.807) is 13.2 Å². The minimum absolute atomic E-state index is 0. The van der Waals surface area contributed by atoms with E-state index in [2.05, 4.69) is 16.3 Å². The average Bonchev–Trinajstić information content (AvgIpc) is 2.63. The maximum absolute atomic E-state index is 11.5. The van der Waals surface area contributed by atoms with Gasteiger partial charge in [-0.1, -0.05) is 59.2 Å². The molecule has 0 fully saturated rings. The number of hydrogen-bond acceptors (Lipinski definition) is 5. The van der Waals surface area contributed by atoms with Gasteiger partial charge in [0.2, 0.25) is 0 Å². The van der Waals surface area contributed by atoms with Gasteiger partial charge in [-0.25, -0.2) is 0 Å². The predicted octanol–water partition coefficient (Wildman–Crippen LogP) is 6.00. The third kappa shape index (κ3) is 8.95. The number of benzene rings is 1. The molecule has 1 N–H and O–H groups in total. The Morgan fingerprint density at radius 2 is 1.73 bits per heavy atom. The molecule has 0 spiro atoms. The van der Waals surface area contributed by atoms with E-state index in [4.69, 9.17) is 16.3 Å². The Hall–Kier alpha value is -1.75. The van der Waals surface area contributed by atoms with Crippen molar-refractivity contribution in [3.05, 3.63) is 52.9 Å². The molecule has 1 heterocycles. The first kappa shape index (κ1) is 28.2. The fraction of sp³-hybridized carbons (Fsp3) is 0.435. The topological polar surface area (TPSA) is 72.3 Å². The first-order chi connectivity index (χ1) is 13.3. The molecule has 0 saturated carbocycles. The van der Waals surface area contributed by atoms with E-state index in [-0.39, 0.29) is 37.1 Å². The number of aliphatic hydroxyl groups is 1. The third-order valence-electron chi connectivity index (χ3n) is 3.98. The Labute approximate surface area is 198 Å². The summed E-state index contributed by atoms with van der Waals surface area (Å²) in [7, 11) is 1.62. The predicted molar refractivity (Wildman–Crippen MR) is 117 cm³/mol. The van der Waals surface area contributed by atoms with E-state index in [1.807, 2.05) is 66.7 Å². The minimum atomic E-state index is -0.417. The Kier molecular flexibility index (Phi) is 10.9. The quantitative estimate of drug-likeness (QED) is 0.263. The van der Waals surface area contributed by atoms with Crippen molar-refractivity contribution in [2.45, 2.75) is 48.5 Å². The summed E-state index contributed by atoms with van der Waals surface area (Å²) in [5, 5.41) is 17.9. The molecule has 167 valence electrons. The van der Waals surface area contributed by atoms with E-state index in [9.17, 15) is 9.90 Å². The molecule has 0 atom stereocenters. The molecule has 1 radical (unpaired) electrons. The summed E-state index contributed by atoms with van der Waals surface area (Å²) in [5.74, 6) is 0.871. The Morgan fingerprint density at radius 1 is 1.13 bits per heavy atom. The molecule has 1 aromatic carbocycles. The first-order valence-electron chi connectivity index (χ1n) is 9.27. The van der Waals surface area contributed by atoms with Gasteiger partial charge >= 0.3 is 0 Å². The number of halogens is 1. The fourth-order valence-corrected chi connectivity index (χ4v) is 1.97. The SMILES string of the molecule is CC(C)(C)C(=O)/C=C(\O)C(C)(C)C.COc1cc[c-]c(-c2cc(C)c(Cl)nn2)c1.[Ir]. The second-order valence-electron chi connectivity index (χ2n) is 8.74. The van der Waals surface area contributed by atoms with Crippen LogP contribution in [-0.4, -0.2) is 28.2 Å². The number of rotatable bonds is 3. The van der Waals surface area contributed by atoms with Crippen LogP contribution in [0.1, 0.15) is 47.1 Å². The van der Waals surface area contributed by atoms with Crippen LogP contribution in [0, 0.1) is 23.8 Å². The van der Waals surface area contributed by atoms with Crippen LogP contribution in [0.2, 0.25) is 5.15 Å². The van der Waals surface area contributed by atoms with Gasteiger partial charge in [-0.3, -0.25) is 4.79 Å². The van der Waals surface area contributed by atoms with Crippen LogP contribution in [0.25, 0.3) is 11.3 Å². The molecule has 0 aliphatic rings. The molecule has 2 aromatic rings. The molecule has 0 unspecified atom stereocenters. The molecular weight excluding hydrogens is 580 g/mol. The fourth-order valence-electron chi connectivity index (χ4n) is 1.88. The smallest absolute Gasteiger partial charge is 0.164 e. The summed E-state index contributed by atoms with van der Waals surface area (Å²) in [5.41, 5.74) is 1.70. The number of carbonyl (C=O) groups is 1. The minimum Gasteiger partial charge on any atom is -0.516 e. The summed E-state index contributed by atoms with van der Waals surface area (Å²) in [4.78, 5) is 11.5. The number of carbonyl (C=O) groups excluding carboxylic acids is 1. The number of allylic oxidation sites excluding steroid dienone is 2. The molecule has 30 heavy (non-hydrogen) atoms. The van der Waals surface area contributed by atoms with Crippen LogP contribution >= 0.6 is 11.6 Å². The third-order valence-corrected chi connectivity index (χ3v) is 4.36. The normalized spacial score (nSPS) is 11.7. The second kappa shape index (κ2) is 11.6. The van der Waals surface area contributed by atoms with Gasteiger partial charge in [0.15, 0.2) is 10.9 Å². The molecule has 1 aromatic heterocycles. The number of hydrogen-bond donors (Lipinski definition) is 1. The van der Waals surface area contributed by atoms with Gasteiger partial charge in [-0.2, -0.15) is 5.10 Å². The van der Waals surface area contributed by atoms with Crippen molar-refractivity contribution >= 4 is 17.4 Å². The molecule has 0 saturated heterocycles. The largest absolute Gasteiger partial charge is 0.516 e. The monoisotopic (exact) mass is 610 g/mol. The molecule has 7 heteroatoms. The van der Waals surface area contributed by atoms with Crippen molar-refractivity contribution in [2.24, 2.45) is 10.8 Å². The zero-order valence-corrected chi connectivity index (χ0v) is 21.9. The average molecular weight is 610 g/mol. The number of aliphatic hydroxyl groups excluding tert-OH is 1. The first-order valence-corrected chi connectivity index (χ1v) is 9.65. The van der Waals surface area contributed by atoms with Crippen molar-refractivity contribution in [1.82, 2.24) is 10.2 Å². The van der Waals surface area contributed by atoms with Gasteiger partial charge < -0.3 is 9.84 Å². The van der Waals surface area contributed by atoms with Crippen molar-refractivity contribution < 1.29 is 34.7 Å². The van der Waals surface area contributed by atoms with Crippen molar-refractivity contribution in [2.75, 3.05) is 7.11 Å². The molecular formula is C23H30ClIrN2O3-. The van der Waals surface area contributed by atoms with E-state index >= 15 is 0 Å². The zero-order chi connectivity index (χ0) is 22.4. The van der Waals surface area contributed by atoms with E-state index in [0.29, 0.717) is 5.15 Å². The zero-order valence-electron chi connectivity index (χ0n) is 18.8. The van der Waals surface area contributed by atoms with Crippen LogP contribution in [0.5, 0.6) is 5.75 Å². The number of methoxy groups -OCH3 is 1. The van der Waals surface area contributed by atoms with Gasteiger partial charge in [0.1, 0.15) is 5.76 Å². The van der Waals surface area contributed by atoms with Crippen molar-refractivity contribution in [1.29, 1.82) is 0 Å². The van der Waals surface area contributed by atoms with Crippen LogP contribution in [0.3, 0.4) is 0 Å². The number of aryl methyl sites for hydroxylation is 1. The summed E-state index contributed by atoms with van der Waals surface area (Å²) >= 11 is 5.82. The van der Waals surface area contributed by atoms with Gasteiger partial charge in [0.05, 0.1) is 7.11 Å².